The normalized spacial score (nSPS) is 11.0. The monoisotopic (exact) mass is 399 g/mol. The molecule has 0 amide bonds. The van der Waals surface area contributed by atoms with Crippen molar-refractivity contribution in [3.05, 3.63) is 50.9 Å². The van der Waals surface area contributed by atoms with E-state index in [4.69, 9.17) is 11.6 Å². The van der Waals surface area contributed by atoms with Crippen LogP contribution in [0.1, 0.15) is 25.1 Å². The second kappa shape index (κ2) is 7.59. The predicted molar refractivity (Wildman–Crippen MR) is 110 cm³/mol. The number of anilines is 1. The summed E-state index contributed by atoms with van der Waals surface area (Å²) < 4.78 is 1.49. The Hall–Kier alpha value is -2.56. The number of aromatic nitrogens is 3. The molecule has 0 atom stereocenters. The summed E-state index contributed by atoms with van der Waals surface area (Å²) in [4.78, 5) is 22.5. The molecule has 0 spiro atoms. The molecule has 0 unspecified atom stereocenters. The van der Waals surface area contributed by atoms with Crippen molar-refractivity contribution in [1.29, 1.82) is 5.26 Å². The fourth-order valence-electron chi connectivity index (χ4n) is 2.83. The van der Waals surface area contributed by atoms with Crippen LogP contribution in [-0.2, 0) is 0 Å². The lowest BCUT2D eigenvalue weighted by Gasteiger charge is -2.18. The first-order valence-electron chi connectivity index (χ1n) is 8.31. The molecular formula is C19H18ClN5OS. The Bertz CT molecular complexity index is 1120. The van der Waals surface area contributed by atoms with E-state index in [1.54, 1.807) is 31.2 Å². The number of fused-ring (bicyclic) bond motifs is 1. The summed E-state index contributed by atoms with van der Waals surface area (Å²) >= 11 is 7.35. The molecule has 3 aromatic rings. The number of nitrogens with zero attached hydrogens (tertiary/aromatic N) is 4. The first-order chi connectivity index (χ1) is 12.9. The minimum absolute atomic E-state index is 0.0430. The highest BCUT2D eigenvalue weighted by molar-refractivity contribution is 7.98. The number of hydrogen-bond donors (Lipinski definition) is 1. The average Bonchev–Trinajstić information content (AvgIpc) is 2.62. The summed E-state index contributed by atoms with van der Waals surface area (Å²) in [6, 6.07) is 9.14. The lowest BCUT2D eigenvalue weighted by Crippen LogP contribution is -2.27. The van der Waals surface area contributed by atoms with Gasteiger partial charge in [0.05, 0.1) is 16.8 Å². The number of pyridine rings is 1. The summed E-state index contributed by atoms with van der Waals surface area (Å²) in [5, 5.41) is 14.3. The average molecular weight is 400 g/mol. The van der Waals surface area contributed by atoms with Crippen LogP contribution in [-0.4, -0.2) is 26.8 Å². The largest absolute Gasteiger partial charge is 0.353 e. The summed E-state index contributed by atoms with van der Waals surface area (Å²) in [7, 11) is 0. The van der Waals surface area contributed by atoms with Crippen molar-refractivity contribution in [3.63, 3.8) is 0 Å². The number of aryl methyl sites for hydroxylation is 1. The van der Waals surface area contributed by atoms with Gasteiger partial charge in [0.1, 0.15) is 22.2 Å². The van der Waals surface area contributed by atoms with Gasteiger partial charge in [-0.3, -0.25) is 4.79 Å². The zero-order valence-corrected chi connectivity index (χ0v) is 16.9. The molecule has 3 rings (SSSR count). The Balaban J connectivity index is 2.47. The number of nitriles is 1. The van der Waals surface area contributed by atoms with Crippen molar-refractivity contribution < 1.29 is 0 Å². The SMILES string of the molecule is CSc1nc(C)c2c(=O)n(-c3ccc(Cl)cc3)c(NC(C)C)nc2c1C#N. The van der Waals surface area contributed by atoms with Crippen LogP contribution in [0.4, 0.5) is 5.95 Å². The molecule has 138 valence electrons. The maximum absolute atomic E-state index is 13.4. The smallest absolute Gasteiger partial charge is 0.269 e. The standard InChI is InChI=1S/C19H18ClN5OS/c1-10(2)22-19-24-16-14(9-21)17(27-4)23-11(3)15(16)18(26)25(19)13-7-5-12(20)6-8-13/h5-8,10H,1-4H3,(H,22,24). The zero-order valence-electron chi connectivity index (χ0n) is 15.4. The quantitative estimate of drug-likeness (QED) is 0.663. The van der Waals surface area contributed by atoms with Gasteiger partial charge in [0.25, 0.3) is 5.56 Å². The highest BCUT2D eigenvalue weighted by Gasteiger charge is 2.20. The molecule has 0 radical (unpaired) electrons. The molecule has 27 heavy (non-hydrogen) atoms. The van der Waals surface area contributed by atoms with Crippen LogP contribution in [0.5, 0.6) is 0 Å². The van der Waals surface area contributed by atoms with E-state index >= 15 is 0 Å². The summed E-state index contributed by atoms with van der Waals surface area (Å²) in [5.41, 5.74) is 1.58. The van der Waals surface area contributed by atoms with Crippen LogP contribution >= 0.6 is 23.4 Å². The topological polar surface area (TPSA) is 83.6 Å². The molecule has 0 aliphatic heterocycles. The third-order valence-corrected chi connectivity index (χ3v) is 4.91. The molecule has 0 fully saturated rings. The van der Waals surface area contributed by atoms with Crippen molar-refractivity contribution in [3.8, 4) is 11.8 Å². The van der Waals surface area contributed by atoms with Crippen LogP contribution in [0.15, 0.2) is 34.1 Å². The lowest BCUT2D eigenvalue weighted by molar-refractivity contribution is 0.843. The Morgan fingerprint density at radius 2 is 1.93 bits per heavy atom. The van der Waals surface area contributed by atoms with E-state index in [1.165, 1.54) is 16.3 Å². The van der Waals surface area contributed by atoms with Gasteiger partial charge in [-0.05, 0) is 51.3 Å². The number of nitrogens with one attached hydrogen (secondary N) is 1. The van der Waals surface area contributed by atoms with Gasteiger partial charge in [0.15, 0.2) is 0 Å². The summed E-state index contributed by atoms with van der Waals surface area (Å²) in [6.07, 6.45) is 1.84. The van der Waals surface area contributed by atoms with Crippen molar-refractivity contribution in [2.24, 2.45) is 0 Å². The number of benzene rings is 1. The van der Waals surface area contributed by atoms with Gasteiger partial charge in [-0.15, -0.1) is 11.8 Å². The number of hydrogen-bond acceptors (Lipinski definition) is 6. The minimum Gasteiger partial charge on any atom is -0.353 e. The zero-order chi connectivity index (χ0) is 19.7. The molecule has 8 heteroatoms. The third kappa shape index (κ3) is 3.51. The van der Waals surface area contributed by atoms with Gasteiger partial charge >= 0.3 is 0 Å². The highest BCUT2D eigenvalue weighted by Crippen LogP contribution is 2.27. The second-order valence-electron chi connectivity index (χ2n) is 6.27. The van der Waals surface area contributed by atoms with Crippen LogP contribution in [0, 0.1) is 18.3 Å². The molecule has 0 saturated carbocycles. The molecule has 0 saturated heterocycles. The second-order valence-corrected chi connectivity index (χ2v) is 7.50. The number of thioether (sulfide) groups is 1. The van der Waals surface area contributed by atoms with Gasteiger partial charge in [-0.2, -0.15) is 5.26 Å². The van der Waals surface area contributed by atoms with E-state index in [1.807, 2.05) is 20.1 Å². The van der Waals surface area contributed by atoms with E-state index in [-0.39, 0.29) is 11.6 Å². The molecule has 0 aliphatic carbocycles. The van der Waals surface area contributed by atoms with E-state index in [2.05, 4.69) is 21.4 Å². The van der Waals surface area contributed by atoms with Crippen LogP contribution in [0.2, 0.25) is 5.02 Å². The Labute approximate surface area is 166 Å². The van der Waals surface area contributed by atoms with E-state index in [0.29, 0.717) is 43.8 Å². The van der Waals surface area contributed by atoms with Crippen molar-refractivity contribution in [1.82, 2.24) is 14.5 Å². The Kier molecular flexibility index (Phi) is 5.40. The fraction of sp³-hybridized carbons (Fsp3) is 0.263. The van der Waals surface area contributed by atoms with Crippen molar-refractivity contribution in [2.45, 2.75) is 31.8 Å². The predicted octanol–water partition coefficient (Wildman–Crippen LogP) is 4.16. The number of halogens is 1. The first-order valence-corrected chi connectivity index (χ1v) is 9.91. The molecule has 1 N–H and O–H groups in total. The Morgan fingerprint density at radius 3 is 2.48 bits per heavy atom. The van der Waals surface area contributed by atoms with E-state index in [9.17, 15) is 10.1 Å². The minimum atomic E-state index is -0.278. The highest BCUT2D eigenvalue weighted by atomic mass is 35.5. The van der Waals surface area contributed by atoms with Crippen LogP contribution in [0.3, 0.4) is 0 Å². The first kappa shape index (κ1) is 19.2. The molecule has 2 heterocycles. The molecular weight excluding hydrogens is 382 g/mol. The van der Waals surface area contributed by atoms with Gasteiger partial charge in [-0.25, -0.2) is 14.5 Å². The van der Waals surface area contributed by atoms with Gasteiger partial charge in [-0.1, -0.05) is 11.6 Å². The summed E-state index contributed by atoms with van der Waals surface area (Å²) in [5.74, 6) is 0.374. The maximum Gasteiger partial charge on any atom is 0.269 e. The fourth-order valence-corrected chi connectivity index (χ4v) is 3.53. The summed E-state index contributed by atoms with van der Waals surface area (Å²) in [6.45, 7) is 5.67. The number of rotatable bonds is 4. The van der Waals surface area contributed by atoms with Crippen LogP contribution in [0.25, 0.3) is 16.6 Å². The van der Waals surface area contributed by atoms with Gasteiger partial charge in [0.2, 0.25) is 5.95 Å². The van der Waals surface area contributed by atoms with Crippen molar-refractivity contribution in [2.75, 3.05) is 11.6 Å². The Morgan fingerprint density at radius 1 is 1.26 bits per heavy atom. The molecule has 6 nitrogen and oxygen atoms in total. The molecule has 0 aliphatic rings. The van der Waals surface area contributed by atoms with E-state index < -0.39 is 0 Å². The van der Waals surface area contributed by atoms with Gasteiger partial charge in [0, 0.05) is 11.1 Å². The molecule has 2 aromatic heterocycles. The van der Waals surface area contributed by atoms with Crippen molar-refractivity contribution >= 4 is 40.2 Å². The third-order valence-electron chi connectivity index (χ3n) is 3.97. The van der Waals surface area contributed by atoms with E-state index in [0.717, 1.165) is 0 Å². The van der Waals surface area contributed by atoms with Crippen LogP contribution < -0.4 is 10.9 Å². The maximum atomic E-state index is 13.4. The molecule has 0 bridgehead atoms. The van der Waals surface area contributed by atoms with Gasteiger partial charge < -0.3 is 5.32 Å². The lowest BCUT2D eigenvalue weighted by atomic mass is 10.1. The molecule has 1 aromatic carbocycles.